The second-order valence-electron chi connectivity index (χ2n) is 8.09. The molecule has 0 radical (unpaired) electrons. The number of hydrogen-bond donors (Lipinski definition) is 3. The molecule has 2 unspecified atom stereocenters. The molecule has 4 rings (SSSR count). The number of nitrogens with zero attached hydrogens (tertiary/aromatic N) is 1. The summed E-state index contributed by atoms with van der Waals surface area (Å²) in [5, 5.41) is 19.7. The van der Waals surface area contributed by atoms with Crippen LogP contribution in [-0.4, -0.2) is 26.4 Å². The lowest BCUT2D eigenvalue weighted by molar-refractivity contribution is 0.104. The second kappa shape index (κ2) is 7.65. The van der Waals surface area contributed by atoms with Crippen LogP contribution < -0.4 is 11.2 Å². The number of fused-ring (bicyclic) bond motifs is 1. The molecule has 1 heterocycles. The van der Waals surface area contributed by atoms with Gasteiger partial charge in [-0.2, -0.15) is 0 Å². The minimum Gasteiger partial charge on any atom is -0.512 e. The highest BCUT2D eigenvalue weighted by Crippen LogP contribution is 2.56. The lowest BCUT2D eigenvalue weighted by Crippen LogP contribution is -2.36. The van der Waals surface area contributed by atoms with Gasteiger partial charge in [0, 0.05) is 18.7 Å². The molecule has 2 aliphatic carbocycles. The molecule has 1 aromatic heterocycles. The van der Waals surface area contributed by atoms with Crippen molar-refractivity contribution >= 4 is 0 Å². The smallest absolute Gasteiger partial charge is 0.328 e. The summed E-state index contributed by atoms with van der Waals surface area (Å²) in [6.07, 6.45) is 2.67. The molecule has 0 spiro atoms. The van der Waals surface area contributed by atoms with Crippen LogP contribution in [0.4, 0.5) is 0 Å². The number of nitrogens with one attached hydrogen (secondary N) is 1. The first-order valence-electron chi connectivity index (χ1n) is 9.89. The first kappa shape index (κ1) is 19.7. The van der Waals surface area contributed by atoms with Gasteiger partial charge in [0.15, 0.2) is 0 Å². The molecule has 1 saturated carbocycles. The first-order valence-corrected chi connectivity index (χ1v) is 9.89. The largest absolute Gasteiger partial charge is 0.512 e. The monoisotopic (exact) mass is 398 g/mol. The molecule has 7 nitrogen and oxygen atoms in total. The molecule has 0 amide bonds. The Morgan fingerprint density at radius 2 is 1.93 bits per heavy atom. The molecule has 3 atom stereocenters. The van der Waals surface area contributed by atoms with E-state index in [9.17, 15) is 19.8 Å². The molecule has 2 aliphatic rings. The third-order valence-corrected chi connectivity index (χ3v) is 6.27. The zero-order valence-corrected chi connectivity index (χ0v) is 16.6. The van der Waals surface area contributed by atoms with Gasteiger partial charge in [-0.3, -0.25) is 14.3 Å². The van der Waals surface area contributed by atoms with Crippen LogP contribution in [0, 0.1) is 25.7 Å². The van der Waals surface area contributed by atoms with Gasteiger partial charge < -0.3 is 14.9 Å². The molecule has 154 valence electrons. The number of aromatic amines is 1. The molecule has 0 bridgehead atoms. The maximum absolute atomic E-state index is 12.4. The van der Waals surface area contributed by atoms with Crippen molar-refractivity contribution in [3.05, 3.63) is 78.8 Å². The molecule has 0 aliphatic heterocycles. The summed E-state index contributed by atoms with van der Waals surface area (Å²) in [7, 11) is 0. The summed E-state index contributed by atoms with van der Waals surface area (Å²) in [6, 6.07) is 5.82. The third-order valence-electron chi connectivity index (χ3n) is 6.27. The molecule has 7 heteroatoms. The second-order valence-corrected chi connectivity index (χ2v) is 8.09. The van der Waals surface area contributed by atoms with Crippen LogP contribution in [0.5, 0.6) is 0 Å². The Labute approximate surface area is 168 Å². The van der Waals surface area contributed by atoms with Crippen molar-refractivity contribution in [1.82, 2.24) is 9.55 Å². The summed E-state index contributed by atoms with van der Waals surface area (Å²) in [5.41, 5.74) is 3.49. The normalized spacial score (nSPS) is 23.2. The van der Waals surface area contributed by atoms with E-state index in [1.807, 2.05) is 32.0 Å². The van der Waals surface area contributed by atoms with E-state index in [4.69, 9.17) is 4.74 Å². The van der Waals surface area contributed by atoms with Crippen molar-refractivity contribution in [2.24, 2.45) is 11.8 Å². The molecule has 29 heavy (non-hydrogen) atoms. The van der Waals surface area contributed by atoms with E-state index in [1.165, 1.54) is 4.57 Å². The van der Waals surface area contributed by atoms with Crippen molar-refractivity contribution in [3.63, 3.8) is 0 Å². The number of allylic oxidation sites excluding steroid dienone is 1. The molecule has 3 N–H and O–H groups in total. The highest BCUT2D eigenvalue weighted by molar-refractivity contribution is 5.32. The summed E-state index contributed by atoms with van der Waals surface area (Å²) in [6.45, 7) is 4.36. The van der Waals surface area contributed by atoms with Gasteiger partial charge in [-0.15, -0.1) is 0 Å². The first-order chi connectivity index (χ1) is 13.9. The summed E-state index contributed by atoms with van der Waals surface area (Å²) < 4.78 is 7.30. The summed E-state index contributed by atoms with van der Waals surface area (Å²) >= 11 is 0. The maximum atomic E-state index is 12.4. The number of H-pyrrole nitrogens is 1. The Morgan fingerprint density at radius 3 is 2.62 bits per heavy atom. The number of hydrogen-bond acceptors (Lipinski definition) is 5. The number of aliphatic hydroxyl groups is 2. The van der Waals surface area contributed by atoms with Crippen LogP contribution in [0.25, 0.3) is 0 Å². The van der Waals surface area contributed by atoms with Crippen LogP contribution >= 0.6 is 0 Å². The van der Waals surface area contributed by atoms with Crippen molar-refractivity contribution in [2.45, 2.75) is 45.9 Å². The van der Waals surface area contributed by atoms with Gasteiger partial charge >= 0.3 is 5.69 Å². The van der Waals surface area contributed by atoms with Gasteiger partial charge in [-0.05, 0) is 54.4 Å². The number of aryl methyl sites for hydroxylation is 2. The molecular formula is C22H26N2O5. The lowest BCUT2D eigenvalue weighted by Gasteiger charge is -2.25. The van der Waals surface area contributed by atoms with Gasteiger partial charge in [0.1, 0.15) is 0 Å². The van der Waals surface area contributed by atoms with E-state index in [0.717, 1.165) is 23.1 Å². The lowest BCUT2D eigenvalue weighted by atomic mass is 9.93. The topological polar surface area (TPSA) is 105 Å². The van der Waals surface area contributed by atoms with Gasteiger partial charge in [0.05, 0.1) is 31.1 Å². The number of rotatable bonds is 6. The zero-order chi connectivity index (χ0) is 20.7. The maximum Gasteiger partial charge on any atom is 0.328 e. The van der Waals surface area contributed by atoms with Gasteiger partial charge in [-0.1, -0.05) is 18.2 Å². The predicted octanol–water partition coefficient (Wildman–Crippen LogP) is 2.26. The quantitative estimate of drug-likeness (QED) is 0.692. The predicted molar refractivity (Wildman–Crippen MR) is 108 cm³/mol. The van der Waals surface area contributed by atoms with E-state index in [2.05, 4.69) is 4.98 Å². The fourth-order valence-electron chi connectivity index (χ4n) is 4.46. The van der Waals surface area contributed by atoms with Crippen LogP contribution in [0.1, 0.15) is 41.1 Å². The molecule has 2 aromatic rings. The molecule has 0 saturated heterocycles. The Bertz CT molecular complexity index is 1060. The standard InChI is InChI=1S/C22H26N2O5/c1-12-4-3-5-13(2)18(12)11-29-10-14-8-24(22(28)23-21(14)27)19-7-20(26)17(9-25)15-6-16(15)19/h3-5,8,15-16,19,25-26H,6-7,9-11H2,1-2H3,(H,23,27,28)/t15?,16?,19-/m0/s1. The van der Waals surface area contributed by atoms with Crippen LogP contribution in [0.2, 0.25) is 0 Å². The van der Waals surface area contributed by atoms with E-state index >= 15 is 0 Å². The highest BCUT2D eigenvalue weighted by Gasteiger charge is 2.50. The molecular weight excluding hydrogens is 372 g/mol. The van der Waals surface area contributed by atoms with Gasteiger partial charge in [0.2, 0.25) is 0 Å². The Balaban J connectivity index is 1.54. The Hall–Kier alpha value is -2.64. The minimum absolute atomic E-state index is 0.0912. The highest BCUT2D eigenvalue weighted by atomic mass is 16.5. The van der Waals surface area contributed by atoms with E-state index < -0.39 is 11.2 Å². The van der Waals surface area contributed by atoms with Crippen molar-refractivity contribution in [3.8, 4) is 0 Å². The fraction of sp³-hybridized carbons (Fsp3) is 0.455. The average molecular weight is 398 g/mol. The summed E-state index contributed by atoms with van der Waals surface area (Å²) in [4.78, 5) is 27.1. The van der Waals surface area contributed by atoms with Gasteiger partial charge in [0.25, 0.3) is 5.56 Å². The Morgan fingerprint density at radius 1 is 1.21 bits per heavy atom. The summed E-state index contributed by atoms with van der Waals surface area (Å²) in [5.74, 6) is 0.462. The van der Waals surface area contributed by atoms with Crippen LogP contribution in [-0.2, 0) is 18.0 Å². The average Bonchev–Trinajstić information content (AvgIpc) is 3.46. The molecule has 1 aromatic carbocycles. The van der Waals surface area contributed by atoms with Crippen molar-refractivity contribution in [2.75, 3.05) is 6.61 Å². The minimum atomic E-state index is -0.482. The van der Waals surface area contributed by atoms with E-state index in [-0.39, 0.29) is 43.3 Å². The van der Waals surface area contributed by atoms with Crippen molar-refractivity contribution < 1.29 is 14.9 Å². The van der Waals surface area contributed by atoms with Crippen LogP contribution in [0.3, 0.4) is 0 Å². The van der Waals surface area contributed by atoms with E-state index in [1.54, 1.807) is 6.20 Å². The van der Waals surface area contributed by atoms with Crippen LogP contribution in [0.15, 0.2) is 45.3 Å². The third kappa shape index (κ3) is 3.68. The fourth-order valence-corrected chi connectivity index (χ4v) is 4.46. The number of ether oxygens (including phenoxy) is 1. The van der Waals surface area contributed by atoms with E-state index in [0.29, 0.717) is 17.7 Å². The van der Waals surface area contributed by atoms with Gasteiger partial charge in [-0.25, -0.2) is 4.79 Å². The Kier molecular flexibility index (Phi) is 5.19. The molecule has 1 fully saturated rings. The number of benzene rings is 1. The van der Waals surface area contributed by atoms with Crippen molar-refractivity contribution in [1.29, 1.82) is 0 Å². The number of aliphatic hydroxyl groups excluding tert-OH is 2. The number of aromatic nitrogens is 2. The zero-order valence-electron chi connectivity index (χ0n) is 16.6. The SMILES string of the molecule is Cc1cccc(C)c1COCc1cn([C@H]2CC(O)=C(CO)C3CC32)c(=O)[nH]c1=O.